The number of carbonyl (C=O) groups excluding carboxylic acids is 1. The van der Waals surface area contributed by atoms with E-state index in [4.69, 9.17) is 11.6 Å². The molecule has 1 fully saturated rings. The van der Waals surface area contributed by atoms with E-state index in [0.717, 1.165) is 37.1 Å². The number of aromatic nitrogens is 2. The molecule has 4 nitrogen and oxygen atoms in total. The lowest BCUT2D eigenvalue weighted by Gasteiger charge is -2.25. The number of hydrogen-bond donors (Lipinski definition) is 0. The van der Waals surface area contributed by atoms with Crippen molar-refractivity contribution in [1.29, 1.82) is 0 Å². The van der Waals surface area contributed by atoms with Gasteiger partial charge in [0.15, 0.2) is 0 Å². The molecule has 1 aliphatic heterocycles. The maximum absolute atomic E-state index is 12.4. The van der Waals surface area contributed by atoms with Gasteiger partial charge in [0.25, 0.3) is 5.91 Å². The molecule has 0 radical (unpaired) electrons. The van der Waals surface area contributed by atoms with Gasteiger partial charge in [0.05, 0.1) is 0 Å². The van der Waals surface area contributed by atoms with E-state index >= 15 is 0 Å². The van der Waals surface area contributed by atoms with E-state index in [9.17, 15) is 4.79 Å². The van der Waals surface area contributed by atoms with Crippen LogP contribution in [0.25, 0.3) is 5.65 Å². The Kier molecular flexibility index (Phi) is 3.19. The minimum atomic E-state index is 0.0112. The number of amides is 1. The van der Waals surface area contributed by atoms with Crippen LogP contribution in [0, 0.1) is 6.92 Å². The molecule has 1 aliphatic rings. The number of nitrogens with zero attached hydrogens (tertiary/aromatic N) is 3. The average Bonchev–Trinajstić information content (AvgIpc) is 2.88. The molecule has 0 aromatic carbocycles. The molecule has 0 atom stereocenters. The van der Waals surface area contributed by atoms with Crippen molar-refractivity contribution < 1.29 is 4.79 Å². The van der Waals surface area contributed by atoms with Gasteiger partial charge in [0, 0.05) is 19.3 Å². The molecule has 0 unspecified atom stereocenters. The van der Waals surface area contributed by atoms with Crippen LogP contribution in [0.5, 0.6) is 0 Å². The maximum atomic E-state index is 12.4. The van der Waals surface area contributed by atoms with Crippen molar-refractivity contribution in [1.82, 2.24) is 14.3 Å². The van der Waals surface area contributed by atoms with Gasteiger partial charge in [-0.15, -0.1) is 0 Å². The predicted octanol–water partition coefficient (Wildman–Crippen LogP) is 2.92. The minimum Gasteiger partial charge on any atom is -0.337 e. The molecule has 1 saturated heterocycles. The Morgan fingerprint density at radius 1 is 1.26 bits per heavy atom. The number of hydrogen-bond acceptors (Lipinski definition) is 2. The lowest BCUT2D eigenvalue weighted by atomic mass is 10.1. The summed E-state index contributed by atoms with van der Waals surface area (Å²) in [6, 6.07) is 3.80. The van der Waals surface area contributed by atoms with Gasteiger partial charge in [-0.25, -0.2) is 4.98 Å². The molecule has 0 spiro atoms. The van der Waals surface area contributed by atoms with Crippen molar-refractivity contribution in [2.45, 2.75) is 26.2 Å². The van der Waals surface area contributed by atoms with Crippen LogP contribution < -0.4 is 0 Å². The summed E-state index contributed by atoms with van der Waals surface area (Å²) in [4.78, 5) is 18.6. The molecule has 1 amide bonds. The van der Waals surface area contributed by atoms with Gasteiger partial charge in [-0.05, 0) is 37.8 Å². The van der Waals surface area contributed by atoms with Crippen LogP contribution in [0.3, 0.4) is 0 Å². The Hall–Kier alpha value is -1.55. The van der Waals surface area contributed by atoms with Gasteiger partial charge in [-0.1, -0.05) is 17.7 Å². The summed E-state index contributed by atoms with van der Waals surface area (Å²) in [6.45, 7) is 3.60. The number of fused-ring (bicyclic) bond motifs is 1. The third-order valence-corrected chi connectivity index (χ3v) is 4.10. The molecule has 0 aliphatic carbocycles. The minimum absolute atomic E-state index is 0.0112. The zero-order chi connectivity index (χ0) is 13.4. The summed E-state index contributed by atoms with van der Waals surface area (Å²) in [5.74, 6) is 0.0112. The van der Waals surface area contributed by atoms with Crippen LogP contribution in [-0.2, 0) is 0 Å². The van der Waals surface area contributed by atoms with Gasteiger partial charge in [-0.2, -0.15) is 0 Å². The molecular weight excluding hydrogens is 262 g/mol. The quantitative estimate of drug-likeness (QED) is 0.752. The molecule has 0 N–H and O–H groups in total. The van der Waals surface area contributed by atoms with E-state index < -0.39 is 0 Å². The Morgan fingerprint density at radius 3 is 2.74 bits per heavy atom. The highest BCUT2D eigenvalue weighted by molar-refractivity contribution is 6.30. The Bertz CT molecular complexity index is 629. The zero-order valence-corrected chi connectivity index (χ0v) is 11.7. The van der Waals surface area contributed by atoms with Crippen molar-refractivity contribution in [3.05, 3.63) is 34.7 Å². The van der Waals surface area contributed by atoms with E-state index in [-0.39, 0.29) is 5.91 Å². The summed E-state index contributed by atoms with van der Waals surface area (Å²) in [5, 5.41) is 0.614. The summed E-state index contributed by atoms with van der Waals surface area (Å²) >= 11 is 6.23. The fourth-order valence-corrected chi connectivity index (χ4v) is 2.69. The fourth-order valence-electron chi connectivity index (χ4n) is 2.49. The van der Waals surface area contributed by atoms with Crippen LogP contribution in [0.15, 0.2) is 18.3 Å². The van der Waals surface area contributed by atoms with Crippen molar-refractivity contribution in [2.75, 3.05) is 13.1 Å². The van der Waals surface area contributed by atoms with E-state index in [1.165, 1.54) is 6.42 Å². The largest absolute Gasteiger partial charge is 0.337 e. The first kappa shape index (κ1) is 12.5. The first-order chi connectivity index (χ1) is 9.16. The van der Waals surface area contributed by atoms with Crippen molar-refractivity contribution in [2.24, 2.45) is 0 Å². The highest BCUT2D eigenvalue weighted by Crippen LogP contribution is 2.19. The van der Waals surface area contributed by atoms with E-state index in [0.29, 0.717) is 10.8 Å². The standard InChI is InChI=1S/C14H16ClN3O/c1-10-5-6-12-16-11(9-18(12)13(10)15)14(19)17-7-3-2-4-8-17/h5-6,9H,2-4,7-8H2,1H3. The lowest BCUT2D eigenvalue weighted by Crippen LogP contribution is -2.35. The molecule has 3 heterocycles. The van der Waals surface area contributed by atoms with Gasteiger partial charge in [0.1, 0.15) is 16.5 Å². The third-order valence-electron chi connectivity index (χ3n) is 3.61. The van der Waals surface area contributed by atoms with Crippen LogP contribution >= 0.6 is 11.6 Å². The topological polar surface area (TPSA) is 37.6 Å². The smallest absolute Gasteiger partial charge is 0.274 e. The zero-order valence-electron chi connectivity index (χ0n) is 10.9. The Morgan fingerprint density at radius 2 is 2.00 bits per heavy atom. The number of aryl methyl sites for hydroxylation is 1. The second-order valence-electron chi connectivity index (χ2n) is 5.01. The van der Waals surface area contributed by atoms with Gasteiger partial charge < -0.3 is 4.90 Å². The fraction of sp³-hybridized carbons (Fsp3) is 0.429. The summed E-state index contributed by atoms with van der Waals surface area (Å²) < 4.78 is 1.77. The summed E-state index contributed by atoms with van der Waals surface area (Å²) in [5.41, 5.74) is 2.17. The monoisotopic (exact) mass is 277 g/mol. The van der Waals surface area contributed by atoms with Crippen molar-refractivity contribution in [3.63, 3.8) is 0 Å². The Balaban J connectivity index is 1.96. The van der Waals surface area contributed by atoms with E-state index in [1.807, 2.05) is 24.0 Å². The number of carbonyl (C=O) groups is 1. The lowest BCUT2D eigenvalue weighted by molar-refractivity contribution is 0.0719. The van der Waals surface area contributed by atoms with Gasteiger partial charge in [0.2, 0.25) is 0 Å². The second-order valence-corrected chi connectivity index (χ2v) is 5.37. The molecule has 100 valence electrons. The maximum Gasteiger partial charge on any atom is 0.274 e. The normalized spacial score (nSPS) is 16.0. The summed E-state index contributed by atoms with van der Waals surface area (Å²) in [7, 11) is 0. The molecule has 2 aromatic heterocycles. The first-order valence-corrected chi connectivity index (χ1v) is 6.98. The van der Waals surface area contributed by atoms with Gasteiger partial charge >= 0.3 is 0 Å². The molecule has 3 rings (SSSR count). The number of pyridine rings is 1. The second kappa shape index (κ2) is 4.85. The van der Waals surface area contributed by atoms with Gasteiger partial charge in [-0.3, -0.25) is 9.20 Å². The van der Waals surface area contributed by atoms with Crippen molar-refractivity contribution >= 4 is 23.2 Å². The highest BCUT2D eigenvalue weighted by Gasteiger charge is 2.21. The van der Waals surface area contributed by atoms with E-state index in [1.54, 1.807) is 10.6 Å². The van der Waals surface area contributed by atoms with Crippen LogP contribution in [0.4, 0.5) is 0 Å². The predicted molar refractivity (Wildman–Crippen MR) is 74.7 cm³/mol. The molecule has 5 heteroatoms. The molecule has 0 saturated carbocycles. The number of halogens is 1. The average molecular weight is 278 g/mol. The molecule has 0 bridgehead atoms. The third kappa shape index (κ3) is 2.21. The van der Waals surface area contributed by atoms with Crippen molar-refractivity contribution in [3.8, 4) is 0 Å². The van der Waals surface area contributed by atoms with Crippen LogP contribution in [0.1, 0.15) is 35.3 Å². The number of likely N-dealkylation sites (tertiary alicyclic amines) is 1. The van der Waals surface area contributed by atoms with Crippen LogP contribution in [-0.4, -0.2) is 33.3 Å². The molecule has 2 aromatic rings. The first-order valence-electron chi connectivity index (χ1n) is 6.60. The molecular formula is C14H16ClN3O. The molecule has 19 heavy (non-hydrogen) atoms. The highest BCUT2D eigenvalue weighted by atomic mass is 35.5. The summed E-state index contributed by atoms with van der Waals surface area (Å²) in [6.07, 6.45) is 5.11. The number of imidazole rings is 1. The SMILES string of the molecule is Cc1ccc2nc(C(=O)N3CCCCC3)cn2c1Cl. The van der Waals surface area contributed by atoms with E-state index in [2.05, 4.69) is 4.98 Å². The van der Waals surface area contributed by atoms with Crippen LogP contribution in [0.2, 0.25) is 5.15 Å². The Labute approximate surface area is 117 Å². The number of piperidine rings is 1. The number of rotatable bonds is 1.